The molecule has 1 saturated heterocycles. The number of carbonyl (C=O) groups excluding carboxylic acids is 3. The van der Waals surface area contributed by atoms with E-state index < -0.39 is 12.1 Å². The molecule has 4 amide bonds. The fraction of sp³-hybridized carbons (Fsp3) is 0.286. The second-order valence-corrected chi connectivity index (χ2v) is 7.76. The number of aryl methyl sites for hydroxylation is 1. The van der Waals surface area contributed by atoms with Gasteiger partial charge in [0.25, 0.3) is 5.91 Å². The van der Waals surface area contributed by atoms with Crippen LogP contribution in [0.4, 0.5) is 10.5 Å². The highest BCUT2D eigenvalue weighted by molar-refractivity contribution is 9.10. The topological polar surface area (TPSA) is 78.5 Å². The molecule has 1 heterocycles. The number of urea groups is 1. The van der Waals surface area contributed by atoms with Gasteiger partial charge in [0.2, 0.25) is 5.91 Å². The lowest BCUT2D eigenvalue weighted by Gasteiger charge is -2.21. The van der Waals surface area contributed by atoms with Crippen LogP contribution in [-0.2, 0) is 9.59 Å². The smallest absolute Gasteiger partial charge is 0.325 e. The van der Waals surface area contributed by atoms with Crippen molar-refractivity contribution in [2.45, 2.75) is 38.8 Å². The van der Waals surface area contributed by atoms with Gasteiger partial charge in [0.15, 0.2) is 0 Å². The van der Waals surface area contributed by atoms with Crippen LogP contribution in [0.2, 0.25) is 0 Å². The molecule has 0 aliphatic carbocycles. The Morgan fingerprint density at radius 3 is 2.61 bits per heavy atom. The van der Waals surface area contributed by atoms with Crippen molar-refractivity contribution in [3.63, 3.8) is 0 Å². The summed E-state index contributed by atoms with van der Waals surface area (Å²) >= 11 is 3.39. The number of nitrogens with zero attached hydrogens (tertiary/aromatic N) is 1. The molecule has 6 nitrogen and oxygen atoms in total. The van der Waals surface area contributed by atoms with Crippen LogP contribution >= 0.6 is 15.9 Å². The second-order valence-electron chi connectivity index (χ2n) is 6.84. The van der Waals surface area contributed by atoms with Gasteiger partial charge in [0.1, 0.15) is 6.04 Å². The molecule has 1 aliphatic rings. The van der Waals surface area contributed by atoms with Crippen LogP contribution < -0.4 is 10.6 Å². The van der Waals surface area contributed by atoms with Crippen molar-refractivity contribution in [2.75, 3.05) is 5.32 Å². The molecule has 28 heavy (non-hydrogen) atoms. The van der Waals surface area contributed by atoms with E-state index in [1.165, 1.54) is 4.90 Å². The van der Waals surface area contributed by atoms with Crippen LogP contribution in [-0.4, -0.2) is 28.8 Å². The summed E-state index contributed by atoms with van der Waals surface area (Å²) in [4.78, 5) is 38.5. The zero-order valence-corrected chi connectivity index (χ0v) is 17.3. The number of carbonyl (C=O) groups is 3. The molecule has 3 rings (SSSR count). The molecule has 0 unspecified atom stereocenters. The molecule has 0 radical (unpaired) electrons. The number of amides is 4. The first-order valence-corrected chi connectivity index (χ1v) is 9.90. The van der Waals surface area contributed by atoms with Gasteiger partial charge in [-0.2, -0.15) is 0 Å². The van der Waals surface area contributed by atoms with Gasteiger partial charge in [0, 0.05) is 16.6 Å². The third kappa shape index (κ3) is 4.42. The maximum Gasteiger partial charge on any atom is 0.325 e. The highest BCUT2D eigenvalue weighted by atomic mass is 79.9. The zero-order chi connectivity index (χ0) is 20.3. The van der Waals surface area contributed by atoms with Crippen molar-refractivity contribution < 1.29 is 14.4 Å². The van der Waals surface area contributed by atoms with Crippen LogP contribution in [0, 0.1) is 6.92 Å². The van der Waals surface area contributed by atoms with Gasteiger partial charge in [-0.1, -0.05) is 46.3 Å². The SMILES string of the molecule is Cc1cc(Br)ccc1NC(=O)CC[C@@H]1NC(=O)N([C@H](C)c2ccccc2)C1=O. The Morgan fingerprint density at radius 1 is 1.21 bits per heavy atom. The molecule has 0 spiro atoms. The number of halogens is 1. The average molecular weight is 444 g/mol. The van der Waals surface area contributed by atoms with E-state index in [0.29, 0.717) is 0 Å². The molecule has 0 saturated carbocycles. The summed E-state index contributed by atoms with van der Waals surface area (Å²) < 4.78 is 0.940. The number of benzene rings is 2. The van der Waals surface area contributed by atoms with Crippen LogP contribution in [0.1, 0.15) is 36.9 Å². The second kappa shape index (κ2) is 8.56. The molecule has 7 heteroatoms. The minimum Gasteiger partial charge on any atom is -0.326 e. The van der Waals surface area contributed by atoms with Gasteiger partial charge in [-0.15, -0.1) is 0 Å². The fourth-order valence-electron chi connectivity index (χ4n) is 3.25. The molecule has 0 bridgehead atoms. The quantitative estimate of drug-likeness (QED) is 0.657. The van der Waals surface area contributed by atoms with Gasteiger partial charge in [-0.25, -0.2) is 4.79 Å². The van der Waals surface area contributed by atoms with Crippen molar-refractivity contribution in [2.24, 2.45) is 0 Å². The minimum atomic E-state index is -0.685. The Morgan fingerprint density at radius 2 is 1.93 bits per heavy atom. The van der Waals surface area contributed by atoms with Gasteiger partial charge in [-0.05, 0) is 49.6 Å². The highest BCUT2D eigenvalue weighted by Gasteiger charge is 2.40. The standard InChI is InChI=1S/C21H22BrN3O3/c1-13-12-16(22)8-9-17(13)23-19(26)11-10-18-20(27)25(21(28)24-18)14(2)15-6-4-3-5-7-15/h3-9,12,14,18H,10-11H2,1-2H3,(H,23,26)(H,24,28)/t14-,18+/m1/s1. The Labute approximate surface area is 172 Å². The lowest BCUT2D eigenvalue weighted by atomic mass is 10.1. The molecule has 2 aromatic carbocycles. The first-order valence-electron chi connectivity index (χ1n) is 9.11. The molecular weight excluding hydrogens is 422 g/mol. The van der Waals surface area contributed by atoms with E-state index >= 15 is 0 Å². The van der Waals surface area contributed by atoms with Crippen molar-refractivity contribution in [3.05, 3.63) is 64.1 Å². The highest BCUT2D eigenvalue weighted by Crippen LogP contribution is 2.25. The normalized spacial score (nSPS) is 17.4. The molecule has 1 fully saturated rings. The third-order valence-corrected chi connectivity index (χ3v) is 5.34. The van der Waals surface area contributed by atoms with Crippen LogP contribution in [0.5, 0.6) is 0 Å². The van der Waals surface area contributed by atoms with Gasteiger partial charge in [0.05, 0.1) is 6.04 Å². The molecule has 1 aliphatic heterocycles. The summed E-state index contributed by atoms with van der Waals surface area (Å²) in [6, 6.07) is 13.5. The van der Waals surface area contributed by atoms with E-state index in [1.54, 1.807) is 0 Å². The monoisotopic (exact) mass is 443 g/mol. The van der Waals surface area contributed by atoms with Crippen molar-refractivity contribution in [3.8, 4) is 0 Å². The first-order chi connectivity index (χ1) is 13.4. The zero-order valence-electron chi connectivity index (χ0n) is 15.7. The summed E-state index contributed by atoms with van der Waals surface area (Å²) in [7, 11) is 0. The Balaban J connectivity index is 1.58. The van der Waals surface area contributed by atoms with E-state index in [0.717, 1.165) is 21.3 Å². The third-order valence-electron chi connectivity index (χ3n) is 4.84. The van der Waals surface area contributed by atoms with E-state index in [1.807, 2.05) is 62.4 Å². The van der Waals surface area contributed by atoms with E-state index in [-0.39, 0.29) is 30.7 Å². The van der Waals surface area contributed by atoms with Gasteiger partial charge < -0.3 is 10.6 Å². The predicted octanol–water partition coefficient (Wildman–Crippen LogP) is 4.16. The van der Waals surface area contributed by atoms with E-state index in [4.69, 9.17) is 0 Å². The van der Waals surface area contributed by atoms with Gasteiger partial charge >= 0.3 is 6.03 Å². The van der Waals surface area contributed by atoms with Crippen molar-refractivity contribution in [1.82, 2.24) is 10.2 Å². The summed E-state index contributed by atoms with van der Waals surface area (Å²) in [6.07, 6.45) is 0.393. The number of rotatable bonds is 6. The number of hydrogen-bond acceptors (Lipinski definition) is 3. The first kappa shape index (κ1) is 20.1. The Bertz CT molecular complexity index is 901. The van der Waals surface area contributed by atoms with Crippen LogP contribution in [0.3, 0.4) is 0 Å². The van der Waals surface area contributed by atoms with E-state index in [2.05, 4.69) is 26.6 Å². The molecular formula is C21H22BrN3O3. The number of anilines is 1. The molecule has 2 atom stereocenters. The molecule has 2 N–H and O–H groups in total. The Kier molecular flexibility index (Phi) is 6.14. The summed E-state index contributed by atoms with van der Waals surface area (Å²) in [6.45, 7) is 3.72. The van der Waals surface area contributed by atoms with Gasteiger partial charge in [-0.3, -0.25) is 14.5 Å². The fourth-order valence-corrected chi connectivity index (χ4v) is 3.72. The summed E-state index contributed by atoms with van der Waals surface area (Å²) in [5, 5.41) is 5.54. The molecule has 146 valence electrons. The van der Waals surface area contributed by atoms with E-state index in [9.17, 15) is 14.4 Å². The van der Waals surface area contributed by atoms with Crippen LogP contribution in [0.25, 0.3) is 0 Å². The lowest BCUT2D eigenvalue weighted by Crippen LogP contribution is -2.34. The lowest BCUT2D eigenvalue weighted by molar-refractivity contribution is -0.129. The summed E-state index contributed by atoms with van der Waals surface area (Å²) in [5.74, 6) is -0.490. The van der Waals surface area contributed by atoms with Crippen molar-refractivity contribution >= 4 is 39.5 Å². The van der Waals surface area contributed by atoms with Crippen LogP contribution in [0.15, 0.2) is 53.0 Å². The molecule has 0 aromatic heterocycles. The predicted molar refractivity (Wildman–Crippen MR) is 111 cm³/mol. The minimum absolute atomic E-state index is 0.139. The molecule has 2 aromatic rings. The average Bonchev–Trinajstić information content (AvgIpc) is 2.96. The summed E-state index contributed by atoms with van der Waals surface area (Å²) in [5.41, 5.74) is 2.56. The maximum absolute atomic E-state index is 12.7. The Hall–Kier alpha value is -2.67. The maximum atomic E-state index is 12.7. The largest absolute Gasteiger partial charge is 0.326 e. The number of hydrogen-bond donors (Lipinski definition) is 2. The van der Waals surface area contributed by atoms with Crippen molar-refractivity contribution in [1.29, 1.82) is 0 Å². The number of nitrogens with one attached hydrogen (secondary N) is 2. The number of imide groups is 1.